The van der Waals surface area contributed by atoms with E-state index in [0.29, 0.717) is 15.6 Å². The Morgan fingerprint density at radius 2 is 1.55 bits per heavy atom. The van der Waals surface area contributed by atoms with Gasteiger partial charge in [0.1, 0.15) is 12.6 Å². The lowest BCUT2D eigenvalue weighted by atomic mass is 10.1. The summed E-state index contributed by atoms with van der Waals surface area (Å²) in [5, 5.41) is 2.16. The highest BCUT2D eigenvalue weighted by Gasteiger charge is 2.58. The Labute approximate surface area is 182 Å². The van der Waals surface area contributed by atoms with Gasteiger partial charge < -0.3 is 14.8 Å². The lowest BCUT2D eigenvalue weighted by molar-refractivity contribution is -0.294. The molecule has 1 N–H and O–H groups in total. The zero-order valence-electron chi connectivity index (χ0n) is 15.8. The van der Waals surface area contributed by atoms with Crippen LogP contribution >= 0.6 is 15.9 Å². The molecule has 2 aromatic rings. The van der Waals surface area contributed by atoms with Crippen LogP contribution in [0.15, 0.2) is 59.1 Å². The van der Waals surface area contributed by atoms with Crippen LogP contribution in [0.2, 0.25) is 0 Å². The zero-order valence-corrected chi connectivity index (χ0v) is 17.4. The second-order valence-electron chi connectivity index (χ2n) is 6.36. The summed E-state index contributed by atoms with van der Waals surface area (Å²) in [6.07, 6.45) is -7.19. The summed E-state index contributed by atoms with van der Waals surface area (Å²) >= 11 is 3.23. The molecule has 5 nitrogen and oxygen atoms in total. The minimum absolute atomic E-state index is 0.143. The SMILES string of the molecule is O=C(NC(Cc1ccccc1Br)C(=O)OCC(F)(F)C(F)(F)F)OCc1ccccc1. The first kappa shape index (κ1) is 24.6. The molecule has 0 aliphatic carbocycles. The molecule has 2 aromatic carbocycles. The van der Waals surface area contributed by atoms with Gasteiger partial charge in [0.25, 0.3) is 0 Å². The molecule has 0 saturated heterocycles. The van der Waals surface area contributed by atoms with Crippen molar-refractivity contribution in [1.82, 2.24) is 5.32 Å². The molecular weight excluding hydrogens is 493 g/mol. The van der Waals surface area contributed by atoms with Crippen molar-refractivity contribution in [2.75, 3.05) is 6.61 Å². The van der Waals surface area contributed by atoms with Gasteiger partial charge in [-0.1, -0.05) is 64.5 Å². The number of alkyl halides is 5. The number of amides is 1. The first-order valence-corrected chi connectivity index (χ1v) is 9.61. The van der Waals surface area contributed by atoms with E-state index in [9.17, 15) is 31.5 Å². The molecule has 0 fully saturated rings. The van der Waals surface area contributed by atoms with Gasteiger partial charge in [0.2, 0.25) is 0 Å². The summed E-state index contributed by atoms with van der Waals surface area (Å²) in [6.45, 7) is -2.35. The zero-order chi connectivity index (χ0) is 23.1. The number of benzene rings is 2. The minimum Gasteiger partial charge on any atom is -0.457 e. The van der Waals surface area contributed by atoms with Gasteiger partial charge in [-0.25, -0.2) is 9.59 Å². The number of ether oxygens (including phenoxy) is 2. The molecule has 0 radical (unpaired) electrons. The van der Waals surface area contributed by atoms with Crippen LogP contribution in [0.5, 0.6) is 0 Å². The normalized spacial score (nSPS) is 12.7. The second kappa shape index (κ2) is 10.6. The van der Waals surface area contributed by atoms with Gasteiger partial charge in [-0.15, -0.1) is 0 Å². The molecule has 0 saturated carbocycles. The van der Waals surface area contributed by atoms with E-state index < -0.39 is 36.8 Å². The Morgan fingerprint density at radius 1 is 0.935 bits per heavy atom. The fourth-order valence-corrected chi connectivity index (χ4v) is 2.78. The number of alkyl carbamates (subject to hydrolysis) is 1. The highest BCUT2D eigenvalue weighted by atomic mass is 79.9. The highest BCUT2D eigenvalue weighted by molar-refractivity contribution is 9.10. The number of esters is 1. The van der Waals surface area contributed by atoms with Crippen molar-refractivity contribution in [1.29, 1.82) is 0 Å². The van der Waals surface area contributed by atoms with Crippen LogP contribution in [0.1, 0.15) is 11.1 Å². The van der Waals surface area contributed by atoms with Gasteiger partial charge in [-0.3, -0.25) is 0 Å². The van der Waals surface area contributed by atoms with E-state index in [0.717, 1.165) is 0 Å². The van der Waals surface area contributed by atoms with Crippen molar-refractivity contribution in [2.45, 2.75) is 31.2 Å². The van der Waals surface area contributed by atoms with Crippen LogP contribution in [-0.2, 0) is 27.3 Å². The van der Waals surface area contributed by atoms with Gasteiger partial charge in [0, 0.05) is 10.9 Å². The molecule has 0 aliphatic heterocycles. The topological polar surface area (TPSA) is 64.6 Å². The highest BCUT2D eigenvalue weighted by Crippen LogP contribution is 2.35. The van der Waals surface area contributed by atoms with Crippen LogP contribution in [0, 0.1) is 0 Å². The number of carbonyl (C=O) groups excluding carboxylic acids is 2. The quantitative estimate of drug-likeness (QED) is 0.400. The Kier molecular flexibility index (Phi) is 8.37. The lowest BCUT2D eigenvalue weighted by Gasteiger charge is -2.22. The van der Waals surface area contributed by atoms with Gasteiger partial charge in [0.15, 0.2) is 6.61 Å². The predicted octanol–water partition coefficient (Wildman–Crippen LogP) is 5.03. The standard InChI is InChI=1S/C20H17BrF5NO4/c21-15-9-5-4-8-14(15)10-16(17(28)31-12-19(22,23)20(24,25)26)27-18(29)30-11-13-6-2-1-3-7-13/h1-9,16H,10-12H2,(H,27,29). The molecule has 0 spiro atoms. The van der Waals surface area contributed by atoms with E-state index in [2.05, 4.69) is 26.0 Å². The van der Waals surface area contributed by atoms with E-state index in [1.807, 2.05) is 0 Å². The van der Waals surface area contributed by atoms with Crippen molar-refractivity contribution in [3.63, 3.8) is 0 Å². The number of hydrogen-bond acceptors (Lipinski definition) is 4. The summed E-state index contributed by atoms with van der Waals surface area (Å²) in [4.78, 5) is 24.3. The lowest BCUT2D eigenvalue weighted by Crippen LogP contribution is -2.47. The van der Waals surface area contributed by atoms with Crippen molar-refractivity contribution in [3.8, 4) is 0 Å². The number of nitrogens with one attached hydrogen (secondary N) is 1. The summed E-state index contributed by atoms with van der Waals surface area (Å²) in [6, 6.07) is 13.5. The van der Waals surface area contributed by atoms with Crippen molar-refractivity contribution >= 4 is 28.0 Å². The molecule has 0 aromatic heterocycles. The Bertz CT molecular complexity index is 893. The number of hydrogen-bond donors (Lipinski definition) is 1. The number of rotatable bonds is 8. The molecule has 0 heterocycles. The summed E-state index contributed by atoms with van der Waals surface area (Å²) in [5.74, 6) is -6.69. The molecule has 0 aliphatic rings. The largest absolute Gasteiger partial charge is 0.457 e. The van der Waals surface area contributed by atoms with Crippen LogP contribution in [0.4, 0.5) is 26.7 Å². The van der Waals surface area contributed by atoms with E-state index in [1.165, 1.54) is 0 Å². The monoisotopic (exact) mass is 509 g/mol. The fraction of sp³-hybridized carbons (Fsp3) is 0.300. The third-order valence-corrected chi connectivity index (χ3v) is 4.76. The molecule has 11 heteroatoms. The number of carbonyl (C=O) groups is 2. The van der Waals surface area contributed by atoms with Crippen LogP contribution in [0.25, 0.3) is 0 Å². The Hall–Kier alpha value is -2.69. The summed E-state index contributed by atoms with van der Waals surface area (Å²) in [5.41, 5.74) is 1.13. The maximum atomic E-state index is 13.1. The van der Waals surface area contributed by atoms with Crippen LogP contribution in [-0.4, -0.2) is 36.8 Å². The molecule has 2 rings (SSSR count). The van der Waals surface area contributed by atoms with E-state index in [4.69, 9.17) is 4.74 Å². The van der Waals surface area contributed by atoms with Crippen molar-refractivity contribution in [3.05, 3.63) is 70.2 Å². The van der Waals surface area contributed by atoms with Crippen molar-refractivity contribution in [2.24, 2.45) is 0 Å². The van der Waals surface area contributed by atoms with E-state index in [-0.39, 0.29) is 13.0 Å². The Morgan fingerprint density at radius 3 is 2.16 bits per heavy atom. The third-order valence-electron chi connectivity index (χ3n) is 3.98. The van der Waals surface area contributed by atoms with Crippen LogP contribution in [0.3, 0.4) is 0 Å². The average molecular weight is 510 g/mol. The molecule has 1 unspecified atom stereocenters. The molecule has 31 heavy (non-hydrogen) atoms. The van der Waals surface area contributed by atoms with Gasteiger partial charge in [0.05, 0.1) is 0 Å². The average Bonchev–Trinajstić information content (AvgIpc) is 2.71. The van der Waals surface area contributed by atoms with E-state index >= 15 is 0 Å². The van der Waals surface area contributed by atoms with E-state index in [1.54, 1.807) is 54.6 Å². The molecule has 1 atom stereocenters. The predicted molar refractivity (Wildman–Crippen MR) is 103 cm³/mol. The van der Waals surface area contributed by atoms with Gasteiger partial charge >= 0.3 is 24.2 Å². The van der Waals surface area contributed by atoms with Crippen LogP contribution < -0.4 is 5.32 Å². The third kappa shape index (κ3) is 7.50. The van der Waals surface area contributed by atoms with Crippen molar-refractivity contribution < 1.29 is 41.0 Å². The fourth-order valence-electron chi connectivity index (χ4n) is 2.33. The summed E-state index contributed by atoms with van der Waals surface area (Å²) < 4.78 is 72.8. The molecule has 1 amide bonds. The Balaban J connectivity index is 2.07. The van der Waals surface area contributed by atoms with Gasteiger partial charge in [-0.05, 0) is 17.2 Å². The first-order chi connectivity index (χ1) is 14.5. The number of halogens is 6. The van der Waals surface area contributed by atoms with Gasteiger partial charge in [-0.2, -0.15) is 22.0 Å². The molecule has 0 bridgehead atoms. The molecular formula is C20H17BrF5NO4. The maximum absolute atomic E-state index is 13.1. The smallest absolute Gasteiger partial charge is 0.456 e. The first-order valence-electron chi connectivity index (χ1n) is 8.81. The molecule has 168 valence electrons. The summed E-state index contributed by atoms with van der Waals surface area (Å²) in [7, 11) is 0. The maximum Gasteiger partial charge on any atom is 0.456 e. The second-order valence-corrected chi connectivity index (χ2v) is 7.22. The minimum atomic E-state index is -5.88.